The van der Waals surface area contributed by atoms with E-state index in [0.717, 1.165) is 25.0 Å². The van der Waals surface area contributed by atoms with Gasteiger partial charge in [0, 0.05) is 28.4 Å². The van der Waals surface area contributed by atoms with E-state index in [1.807, 2.05) is 0 Å². The van der Waals surface area contributed by atoms with E-state index in [9.17, 15) is 13.6 Å². The van der Waals surface area contributed by atoms with Crippen LogP contribution in [0, 0.1) is 29.4 Å². The van der Waals surface area contributed by atoms with Crippen LogP contribution in [0.3, 0.4) is 0 Å². The number of anilines is 1. The molecule has 2 unspecified atom stereocenters. The maximum absolute atomic E-state index is 13.5. The Morgan fingerprint density at radius 3 is 2.50 bits per heavy atom. The standard InChI is InChI=1S/C20H20F2N2OS3/c21-15-4-1-11(9-16(15)22)17-10-26-19(23-17)24-18(25)12-7-13-2-3-14(8-12)20(13)27-5-6-28-20/h1,4,9-10,12-14H,2-3,5-8H2,(H,23,24,25). The Hall–Kier alpha value is -1.12. The molecule has 1 aromatic carbocycles. The predicted molar refractivity (Wildman–Crippen MR) is 113 cm³/mol. The van der Waals surface area contributed by atoms with E-state index in [0.29, 0.717) is 32.3 Å². The molecule has 28 heavy (non-hydrogen) atoms. The van der Waals surface area contributed by atoms with E-state index in [2.05, 4.69) is 33.8 Å². The lowest BCUT2D eigenvalue weighted by Gasteiger charge is -2.42. The summed E-state index contributed by atoms with van der Waals surface area (Å²) in [6.07, 6.45) is 4.41. The SMILES string of the molecule is O=C(Nc1nc(-c2ccc(F)c(F)c2)cs1)C1CC2CCC(C1)C21SCCS1. The molecule has 1 spiro atoms. The average Bonchev–Trinajstić information content (AvgIpc) is 3.38. The molecule has 2 aliphatic carbocycles. The number of carbonyl (C=O) groups excluding carboxylic acids is 1. The topological polar surface area (TPSA) is 42.0 Å². The summed E-state index contributed by atoms with van der Waals surface area (Å²) < 4.78 is 27.0. The second-order valence-corrected chi connectivity index (χ2v) is 11.6. The first-order chi connectivity index (χ1) is 13.5. The van der Waals surface area contributed by atoms with Crippen LogP contribution in [-0.2, 0) is 4.79 Å². The Labute approximate surface area is 175 Å². The van der Waals surface area contributed by atoms with Gasteiger partial charge in [-0.1, -0.05) is 0 Å². The summed E-state index contributed by atoms with van der Waals surface area (Å²) in [6, 6.07) is 3.72. The second-order valence-electron chi connectivity index (χ2n) is 7.71. The Morgan fingerprint density at radius 2 is 1.82 bits per heavy atom. The molecule has 5 rings (SSSR count). The van der Waals surface area contributed by atoms with Crippen LogP contribution in [0.5, 0.6) is 0 Å². The Morgan fingerprint density at radius 1 is 1.11 bits per heavy atom. The van der Waals surface area contributed by atoms with Crippen molar-refractivity contribution in [3.05, 3.63) is 35.2 Å². The summed E-state index contributed by atoms with van der Waals surface area (Å²) in [6.45, 7) is 0. The van der Waals surface area contributed by atoms with Gasteiger partial charge in [0.05, 0.1) is 9.77 Å². The van der Waals surface area contributed by atoms with Crippen molar-refractivity contribution >= 4 is 45.9 Å². The molecular formula is C20H20F2N2OS3. The lowest BCUT2D eigenvalue weighted by molar-refractivity contribution is -0.121. The van der Waals surface area contributed by atoms with Crippen molar-refractivity contribution in [2.45, 2.75) is 29.8 Å². The van der Waals surface area contributed by atoms with Crippen molar-refractivity contribution in [3.8, 4) is 11.3 Å². The molecule has 148 valence electrons. The fraction of sp³-hybridized carbons (Fsp3) is 0.500. The minimum absolute atomic E-state index is 0.0422. The molecule has 3 aliphatic rings. The van der Waals surface area contributed by atoms with Crippen molar-refractivity contribution in [2.75, 3.05) is 16.8 Å². The number of aromatic nitrogens is 1. The maximum atomic E-state index is 13.5. The van der Waals surface area contributed by atoms with Gasteiger partial charge in [0.1, 0.15) is 0 Å². The molecular weight excluding hydrogens is 418 g/mol. The lowest BCUT2D eigenvalue weighted by Crippen LogP contribution is -2.41. The number of hydrogen-bond acceptors (Lipinski definition) is 5. The van der Waals surface area contributed by atoms with Gasteiger partial charge >= 0.3 is 0 Å². The zero-order valence-corrected chi connectivity index (χ0v) is 17.6. The maximum Gasteiger partial charge on any atom is 0.229 e. The van der Waals surface area contributed by atoms with Crippen LogP contribution in [0.2, 0.25) is 0 Å². The van der Waals surface area contributed by atoms with Gasteiger partial charge in [-0.15, -0.1) is 34.9 Å². The molecule has 1 aliphatic heterocycles. The van der Waals surface area contributed by atoms with Gasteiger partial charge in [-0.05, 0) is 55.7 Å². The van der Waals surface area contributed by atoms with Crippen molar-refractivity contribution in [1.29, 1.82) is 0 Å². The third-order valence-corrected chi connectivity index (χ3v) is 11.0. The van der Waals surface area contributed by atoms with Gasteiger partial charge in [-0.3, -0.25) is 4.79 Å². The molecule has 1 aromatic heterocycles. The third-order valence-electron chi connectivity index (χ3n) is 6.20. The average molecular weight is 439 g/mol. The molecule has 3 fully saturated rings. The highest BCUT2D eigenvalue weighted by atomic mass is 32.2. The fourth-order valence-corrected chi connectivity index (χ4v) is 9.60. The van der Waals surface area contributed by atoms with E-state index in [-0.39, 0.29) is 11.8 Å². The highest BCUT2D eigenvalue weighted by Crippen LogP contribution is 2.65. The quantitative estimate of drug-likeness (QED) is 0.673. The van der Waals surface area contributed by atoms with Gasteiger partial charge in [0.25, 0.3) is 0 Å². The largest absolute Gasteiger partial charge is 0.302 e. The van der Waals surface area contributed by atoms with Gasteiger partial charge in [-0.25, -0.2) is 13.8 Å². The smallest absolute Gasteiger partial charge is 0.229 e. The van der Waals surface area contributed by atoms with Crippen LogP contribution < -0.4 is 5.32 Å². The first-order valence-electron chi connectivity index (χ1n) is 9.55. The molecule has 8 heteroatoms. The number of halogens is 2. The Kier molecular flexibility index (Phi) is 4.92. The molecule has 2 atom stereocenters. The van der Waals surface area contributed by atoms with Crippen molar-refractivity contribution < 1.29 is 13.6 Å². The summed E-state index contributed by atoms with van der Waals surface area (Å²) in [5.74, 6) is 2.05. The Balaban J connectivity index is 1.27. The molecule has 3 nitrogen and oxygen atoms in total. The molecule has 2 aromatic rings. The summed E-state index contributed by atoms with van der Waals surface area (Å²) in [4.78, 5) is 17.3. The molecule has 1 amide bonds. The summed E-state index contributed by atoms with van der Waals surface area (Å²) in [5, 5.41) is 5.24. The number of carbonyl (C=O) groups is 1. The van der Waals surface area contributed by atoms with Gasteiger partial charge in [0.2, 0.25) is 5.91 Å². The zero-order chi connectivity index (χ0) is 19.3. The van der Waals surface area contributed by atoms with Crippen molar-refractivity contribution in [2.24, 2.45) is 17.8 Å². The highest BCUT2D eigenvalue weighted by Gasteiger charge is 2.57. The van der Waals surface area contributed by atoms with E-state index in [4.69, 9.17) is 0 Å². The summed E-state index contributed by atoms with van der Waals surface area (Å²) in [7, 11) is 0. The summed E-state index contributed by atoms with van der Waals surface area (Å²) in [5.41, 5.74) is 1.05. The highest BCUT2D eigenvalue weighted by molar-refractivity contribution is 8.21. The van der Waals surface area contributed by atoms with Crippen LogP contribution >= 0.6 is 34.9 Å². The van der Waals surface area contributed by atoms with Crippen LogP contribution in [0.25, 0.3) is 11.3 Å². The minimum Gasteiger partial charge on any atom is -0.302 e. The molecule has 2 saturated carbocycles. The van der Waals surface area contributed by atoms with Gasteiger partial charge in [0.15, 0.2) is 16.8 Å². The van der Waals surface area contributed by atoms with E-state index in [1.165, 1.54) is 41.8 Å². The van der Waals surface area contributed by atoms with Crippen molar-refractivity contribution in [1.82, 2.24) is 4.98 Å². The van der Waals surface area contributed by atoms with E-state index < -0.39 is 11.6 Å². The Bertz CT molecular complexity index is 897. The number of benzene rings is 1. The number of nitrogens with zero attached hydrogens (tertiary/aromatic N) is 1. The first-order valence-corrected chi connectivity index (χ1v) is 12.4. The van der Waals surface area contributed by atoms with Gasteiger partial charge < -0.3 is 5.32 Å². The number of thioether (sulfide) groups is 2. The monoisotopic (exact) mass is 438 g/mol. The van der Waals surface area contributed by atoms with Crippen LogP contribution in [0.1, 0.15) is 25.7 Å². The van der Waals surface area contributed by atoms with Gasteiger partial charge in [-0.2, -0.15) is 0 Å². The number of thiazole rings is 1. The van der Waals surface area contributed by atoms with E-state index >= 15 is 0 Å². The second kappa shape index (κ2) is 7.29. The molecule has 1 N–H and O–H groups in total. The van der Waals surface area contributed by atoms with Crippen LogP contribution in [0.15, 0.2) is 23.6 Å². The lowest BCUT2D eigenvalue weighted by atomic mass is 9.79. The zero-order valence-electron chi connectivity index (χ0n) is 15.1. The number of hydrogen-bond donors (Lipinski definition) is 1. The molecule has 2 heterocycles. The predicted octanol–water partition coefficient (Wildman–Crippen LogP) is 5.64. The van der Waals surface area contributed by atoms with Crippen LogP contribution in [-0.4, -0.2) is 26.5 Å². The minimum atomic E-state index is -0.898. The van der Waals surface area contributed by atoms with E-state index in [1.54, 1.807) is 5.38 Å². The first kappa shape index (κ1) is 18.9. The fourth-order valence-electron chi connectivity index (χ4n) is 4.94. The summed E-state index contributed by atoms with van der Waals surface area (Å²) >= 11 is 5.57. The molecule has 1 saturated heterocycles. The van der Waals surface area contributed by atoms with Crippen LogP contribution in [0.4, 0.5) is 13.9 Å². The number of rotatable bonds is 3. The normalized spacial score (nSPS) is 28.0. The number of amides is 1. The number of nitrogens with one attached hydrogen (secondary N) is 1. The third kappa shape index (κ3) is 3.17. The van der Waals surface area contributed by atoms with Crippen molar-refractivity contribution in [3.63, 3.8) is 0 Å². The molecule has 0 radical (unpaired) electrons. The molecule has 2 bridgehead atoms.